The number of amides is 2. The van der Waals surface area contributed by atoms with Gasteiger partial charge in [0, 0.05) is 18.1 Å². The summed E-state index contributed by atoms with van der Waals surface area (Å²) in [5.41, 5.74) is 0. The van der Waals surface area contributed by atoms with Crippen molar-refractivity contribution in [2.75, 3.05) is 0 Å². The van der Waals surface area contributed by atoms with Gasteiger partial charge in [-0.3, -0.25) is 0 Å². The Hall–Kier alpha value is -0.730. The van der Waals surface area contributed by atoms with Crippen molar-refractivity contribution in [3.05, 3.63) is 0 Å². The maximum Gasteiger partial charge on any atom is 0.318 e. The molecule has 2 fully saturated rings. The monoisotopic (exact) mass is 266 g/mol. The number of hydrogen-bond donors (Lipinski definition) is 1. The quantitative estimate of drug-likeness (QED) is 0.820. The first kappa shape index (κ1) is 14.7. The fraction of sp³-hybridized carbons (Fsp3) is 0.938. The molecule has 2 aliphatic carbocycles. The Balaban J connectivity index is 1.91. The first-order valence-electron chi connectivity index (χ1n) is 8.27. The molecule has 0 aromatic carbocycles. The molecule has 0 saturated heterocycles. The van der Waals surface area contributed by atoms with Gasteiger partial charge in [0.15, 0.2) is 0 Å². The highest BCUT2D eigenvalue weighted by Gasteiger charge is 2.29. The Morgan fingerprint density at radius 2 is 1.47 bits per heavy atom. The van der Waals surface area contributed by atoms with Crippen LogP contribution in [0, 0.1) is 0 Å². The SMILES string of the molecule is CC(C)N(C(=O)NC1CCCCC1)C1CCCCC1. The Labute approximate surface area is 118 Å². The van der Waals surface area contributed by atoms with Crippen LogP contribution in [-0.2, 0) is 0 Å². The number of nitrogens with one attached hydrogen (secondary N) is 1. The number of urea groups is 1. The summed E-state index contributed by atoms with van der Waals surface area (Å²) < 4.78 is 0. The molecular weight excluding hydrogens is 236 g/mol. The lowest BCUT2D eigenvalue weighted by Gasteiger charge is -2.38. The van der Waals surface area contributed by atoms with E-state index in [0.29, 0.717) is 18.1 Å². The summed E-state index contributed by atoms with van der Waals surface area (Å²) in [4.78, 5) is 14.7. The lowest BCUT2D eigenvalue weighted by Crippen LogP contribution is -2.53. The van der Waals surface area contributed by atoms with Crippen molar-refractivity contribution in [3.63, 3.8) is 0 Å². The lowest BCUT2D eigenvalue weighted by molar-refractivity contribution is 0.129. The molecular formula is C16H30N2O. The highest BCUT2D eigenvalue weighted by Crippen LogP contribution is 2.25. The van der Waals surface area contributed by atoms with Crippen LogP contribution in [0.5, 0.6) is 0 Å². The molecule has 3 nitrogen and oxygen atoms in total. The van der Waals surface area contributed by atoms with Crippen molar-refractivity contribution < 1.29 is 4.79 Å². The number of carbonyl (C=O) groups is 1. The second-order valence-electron chi connectivity index (χ2n) is 6.58. The van der Waals surface area contributed by atoms with E-state index in [0.717, 1.165) is 0 Å². The third-order valence-electron chi connectivity index (χ3n) is 4.69. The van der Waals surface area contributed by atoms with Gasteiger partial charge in [-0.05, 0) is 39.5 Å². The van der Waals surface area contributed by atoms with Crippen LogP contribution in [0.4, 0.5) is 4.79 Å². The number of hydrogen-bond acceptors (Lipinski definition) is 1. The molecule has 0 aromatic heterocycles. The molecule has 2 amide bonds. The Morgan fingerprint density at radius 3 is 2.00 bits per heavy atom. The molecule has 1 N–H and O–H groups in total. The molecule has 110 valence electrons. The topological polar surface area (TPSA) is 32.3 Å². The molecule has 3 heteroatoms. The number of nitrogens with zero attached hydrogens (tertiary/aromatic N) is 1. The van der Waals surface area contributed by atoms with Gasteiger partial charge >= 0.3 is 6.03 Å². The zero-order chi connectivity index (χ0) is 13.7. The molecule has 19 heavy (non-hydrogen) atoms. The summed E-state index contributed by atoms with van der Waals surface area (Å²) in [7, 11) is 0. The fourth-order valence-corrected chi connectivity index (χ4v) is 3.68. The molecule has 0 heterocycles. The van der Waals surface area contributed by atoms with Crippen LogP contribution in [0.15, 0.2) is 0 Å². The molecule has 0 atom stereocenters. The molecule has 0 aromatic rings. The van der Waals surface area contributed by atoms with Gasteiger partial charge in [-0.15, -0.1) is 0 Å². The van der Waals surface area contributed by atoms with Gasteiger partial charge in [0.05, 0.1) is 0 Å². The Morgan fingerprint density at radius 1 is 0.947 bits per heavy atom. The first-order chi connectivity index (χ1) is 9.18. The summed E-state index contributed by atoms with van der Waals surface area (Å²) in [6, 6.07) is 1.39. The van der Waals surface area contributed by atoms with Crippen LogP contribution in [0.1, 0.15) is 78.1 Å². The second kappa shape index (κ2) is 7.16. The normalized spacial score (nSPS) is 22.5. The van der Waals surface area contributed by atoms with Crippen LogP contribution in [0.3, 0.4) is 0 Å². The maximum absolute atomic E-state index is 12.6. The summed E-state index contributed by atoms with van der Waals surface area (Å²) in [6.45, 7) is 4.30. The minimum atomic E-state index is 0.189. The Bertz CT molecular complexity index is 278. The zero-order valence-electron chi connectivity index (χ0n) is 12.7. The standard InChI is InChI=1S/C16H30N2O/c1-13(2)18(15-11-7-4-8-12-15)16(19)17-14-9-5-3-6-10-14/h13-15H,3-12H2,1-2H3,(H,17,19). The predicted octanol–water partition coefficient (Wildman–Crippen LogP) is 4.07. The van der Waals surface area contributed by atoms with Gasteiger partial charge < -0.3 is 10.2 Å². The first-order valence-corrected chi connectivity index (χ1v) is 8.27. The van der Waals surface area contributed by atoms with Crippen molar-refractivity contribution in [1.82, 2.24) is 10.2 Å². The van der Waals surface area contributed by atoms with Crippen molar-refractivity contribution in [1.29, 1.82) is 0 Å². The van der Waals surface area contributed by atoms with Gasteiger partial charge in [0.25, 0.3) is 0 Å². The molecule has 0 bridgehead atoms. The minimum absolute atomic E-state index is 0.189. The van der Waals surface area contributed by atoms with Gasteiger partial charge in [-0.25, -0.2) is 4.79 Å². The zero-order valence-corrected chi connectivity index (χ0v) is 12.7. The Kier molecular flexibility index (Phi) is 5.53. The van der Waals surface area contributed by atoms with E-state index in [2.05, 4.69) is 24.1 Å². The molecule has 0 unspecified atom stereocenters. The van der Waals surface area contributed by atoms with Crippen LogP contribution in [0.25, 0.3) is 0 Å². The molecule has 2 saturated carbocycles. The van der Waals surface area contributed by atoms with Crippen LogP contribution in [0.2, 0.25) is 0 Å². The van der Waals surface area contributed by atoms with Crippen molar-refractivity contribution in [2.24, 2.45) is 0 Å². The van der Waals surface area contributed by atoms with Gasteiger partial charge in [0.1, 0.15) is 0 Å². The third kappa shape index (κ3) is 4.12. The molecule has 2 rings (SSSR count). The highest BCUT2D eigenvalue weighted by molar-refractivity contribution is 5.75. The van der Waals surface area contributed by atoms with E-state index in [1.54, 1.807) is 0 Å². The van der Waals surface area contributed by atoms with E-state index in [1.807, 2.05) is 0 Å². The van der Waals surface area contributed by atoms with E-state index in [-0.39, 0.29) is 6.03 Å². The fourth-order valence-electron chi connectivity index (χ4n) is 3.68. The predicted molar refractivity (Wildman–Crippen MR) is 79.3 cm³/mol. The van der Waals surface area contributed by atoms with Gasteiger partial charge in [-0.2, -0.15) is 0 Å². The van der Waals surface area contributed by atoms with E-state index in [4.69, 9.17) is 0 Å². The molecule has 0 aliphatic heterocycles. The largest absolute Gasteiger partial charge is 0.335 e. The average molecular weight is 266 g/mol. The number of rotatable bonds is 3. The number of carbonyl (C=O) groups excluding carboxylic acids is 1. The second-order valence-corrected chi connectivity index (χ2v) is 6.58. The van der Waals surface area contributed by atoms with E-state index < -0.39 is 0 Å². The third-order valence-corrected chi connectivity index (χ3v) is 4.69. The maximum atomic E-state index is 12.6. The van der Waals surface area contributed by atoms with E-state index in [1.165, 1.54) is 64.2 Å². The smallest absolute Gasteiger partial charge is 0.318 e. The van der Waals surface area contributed by atoms with E-state index >= 15 is 0 Å². The molecule has 2 aliphatic rings. The highest BCUT2D eigenvalue weighted by atomic mass is 16.2. The van der Waals surface area contributed by atoms with E-state index in [9.17, 15) is 4.79 Å². The van der Waals surface area contributed by atoms with Crippen molar-refractivity contribution >= 4 is 6.03 Å². The van der Waals surface area contributed by atoms with Crippen LogP contribution >= 0.6 is 0 Å². The average Bonchev–Trinajstić information content (AvgIpc) is 2.40. The van der Waals surface area contributed by atoms with Gasteiger partial charge in [-0.1, -0.05) is 38.5 Å². The van der Waals surface area contributed by atoms with Crippen molar-refractivity contribution in [2.45, 2.75) is 96.2 Å². The summed E-state index contributed by atoms with van der Waals surface area (Å²) in [6.07, 6.45) is 12.5. The minimum Gasteiger partial charge on any atom is -0.335 e. The van der Waals surface area contributed by atoms with Crippen LogP contribution < -0.4 is 5.32 Å². The van der Waals surface area contributed by atoms with Gasteiger partial charge in [0.2, 0.25) is 0 Å². The lowest BCUT2D eigenvalue weighted by atomic mass is 9.93. The summed E-state index contributed by atoms with van der Waals surface area (Å²) in [5.74, 6) is 0. The summed E-state index contributed by atoms with van der Waals surface area (Å²) >= 11 is 0. The molecule has 0 spiro atoms. The molecule has 0 radical (unpaired) electrons. The summed E-state index contributed by atoms with van der Waals surface area (Å²) in [5, 5.41) is 3.28. The van der Waals surface area contributed by atoms with Crippen molar-refractivity contribution in [3.8, 4) is 0 Å². The van der Waals surface area contributed by atoms with Crippen LogP contribution in [-0.4, -0.2) is 29.1 Å².